The highest BCUT2D eigenvalue weighted by Crippen LogP contribution is 2.20. The molecule has 3 rings (SSSR count). The third kappa shape index (κ3) is 4.08. The van der Waals surface area contributed by atoms with Gasteiger partial charge in [0.2, 0.25) is 0 Å². The van der Waals surface area contributed by atoms with Gasteiger partial charge < -0.3 is 10.2 Å². The minimum absolute atomic E-state index is 0.512. The van der Waals surface area contributed by atoms with Crippen LogP contribution >= 0.6 is 11.3 Å². The molecule has 0 spiro atoms. The fraction of sp³-hybridized carbons (Fsp3) is 0.444. The molecule has 2 nitrogen and oxygen atoms in total. The second-order valence-corrected chi connectivity index (χ2v) is 6.76. The molecule has 1 aliphatic rings. The molecule has 1 aromatic heterocycles. The summed E-state index contributed by atoms with van der Waals surface area (Å²) in [5.74, 6) is 0. The zero-order valence-electron chi connectivity index (χ0n) is 12.7. The fourth-order valence-electron chi connectivity index (χ4n) is 2.93. The molecule has 112 valence electrons. The molecule has 0 saturated carbocycles. The minimum Gasteiger partial charge on any atom is -0.372 e. The average Bonchev–Trinajstić information content (AvgIpc) is 3.19. The van der Waals surface area contributed by atoms with Gasteiger partial charge in [-0.05, 0) is 66.3 Å². The molecule has 1 aromatic carbocycles. The molecule has 0 aliphatic carbocycles. The first-order chi connectivity index (χ1) is 10.3. The number of nitrogens with one attached hydrogen (secondary N) is 1. The van der Waals surface area contributed by atoms with Gasteiger partial charge in [0.05, 0.1) is 0 Å². The predicted molar refractivity (Wildman–Crippen MR) is 92.2 cm³/mol. The number of nitrogens with zero attached hydrogens (tertiary/aromatic N) is 1. The predicted octanol–water partition coefficient (Wildman–Crippen LogP) is 4.07. The summed E-state index contributed by atoms with van der Waals surface area (Å²) in [6.07, 6.45) is 3.78. The number of benzene rings is 1. The Morgan fingerprint density at radius 3 is 2.52 bits per heavy atom. The molecular weight excluding hydrogens is 276 g/mol. The first-order valence-electron chi connectivity index (χ1n) is 7.89. The summed E-state index contributed by atoms with van der Waals surface area (Å²) in [5, 5.41) is 8.01. The van der Waals surface area contributed by atoms with Crippen LogP contribution in [0.15, 0.2) is 41.1 Å². The van der Waals surface area contributed by atoms with E-state index in [1.54, 1.807) is 11.3 Å². The van der Waals surface area contributed by atoms with E-state index in [1.807, 2.05) is 0 Å². The van der Waals surface area contributed by atoms with Crippen molar-refractivity contribution in [2.24, 2.45) is 0 Å². The van der Waals surface area contributed by atoms with E-state index >= 15 is 0 Å². The third-order valence-electron chi connectivity index (χ3n) is 4.18. The number of anilines is 1. The van der Waals surface area contributed by atoms with Crippen LogP contribution in [0.4, 0.5) is 5.69 Å². The summed E-state index contributed by atoms with van der Waals surface area (Å²) in [6.45, 7) is 5.65. The normalized spacial score (nSPS) is 16.3. The lowest BCUT2D eigenvalue weighted by Gasteiger charge is -2.18. The van der Waals surface area contributed by atoms with E-state index in [2.05, 4.69) is 58.2 Å². The molecular formula is C18H24N2S. The Balaban J connectivity index is 1.48. The Bertz CT molecular complexity index is 527. The molecule has 1 aliphatic heterocycles. The third-order valence-corrected chi connectivity index (χ3v) is 4.92. The largest absolute Gasteiger partial charge is 0.372 e. The fourth-order valence-corrected chi connectivity index (χ4v) is 3.61. The standard InChI is InChI=1S/C18H24N2S/c1-15(12-17-8-11-21-14-17)19-13-16-4-6-18(7-5-16)20-9-2-3-10-20/h4-8,11,14-15,19H,2-3,9-10,12-13H2,1H3. The topological polar surface area (TPSA) is 15.3 Å². The molecule has 1 saturated heterocycles. The van der Waals surface area contributed by atoms with Crippen molar-refractivity contribution in [2.75, 3.05) is 18.0 Å². The summed E-state index contributed by atoms with van der Waals surface area (Å²) < 4.78 is 0. The molecule has 0 amide bonds. The van der Waals surface area contributed by atoms with Crippen molar-refractivity contribution in [3.8, 4) is 0 Å². The second-order valence-electron chi connectivity index (χ2n) is 5.98. The van der Waals surface area contributed by atoms with Crippen LogP contribution in [0.2, 0.25) is 0 Å². The summed E-state index contributed by atoms with van der Waals surface area (Å²) in [7, 11) is 0. The van der Waals surface area contributed by atoms with E-state index in [4.69, 9.17) is 0 Å². The molecule has 1 atom stereocenters. The minimum atomic E-state index is 0.512. The lowest BCUT2D eigenvalue weighted by molar-refractivity contribution is 0.546. The van der Waals surface area contributed by atoms with Gasteiger partial charge in [-0.2, -0.15) is 11.3 Å². The molecule has 1 N–H and O–H groups in total. The van der Waals surface area contributed by atoms with Crippen molar-refractivity contribution in [3.63, 3.8) is 0 Å². The van der Waals surface area contributed by atoms with Crippen molar-refractivity contribution in [3.05, 3.63) is 52.2 Å². The van der Waals surface area contributed by atoms with E-state index in [-0.39, 0.29) is 0 Å². The quantitative estimate of drug-likeness (QED) is 0.865. The van der Waals surface area contributed by atoms with Gasteiger partial charge >= 0.3 is 0 Å². The zero-order chi connectivity index (χ0) is 14.5. The van der Waals surface area contributed by atoms with Crippen LogP contribution in [0.25, 0.3) is 0 Å². The summed E-state index contributed by atoms with van der Waals surface area (Å²) >= 11 is 1.78. The van der Waals surface area contributed by atoms with Crippen molar-refractivity contribution in [2.45, 2.75) is 38.8 Å². The number of hydrogen-bond donors (Lipinski definition) is 1. The summed E-state index contributed by atoms with van der Waals surface area (Å²) in [6, 6.07) is 11.8. The Morgan fingerprint density at radius 2 is 1.86 bits per heavy atom. The first-order valence-corrected chi connectivity index (χ1v) is 8.84. The highest BCUT2D eigenvalue weighted by Gasteiger charge is 2.11. The second kappa shape index (κ2) is 7.10. The van der Waals surface area contributed by atoms with Crippen LogP contribution in [0, 0.1) is 0 Å². The van der Waals surface area contributed by atoms with Gasteiger partial charge in [-0.3, -0.25) is 0 Å². The molecule has 0 radical (unpaired) electrons. The molecule has 2 heterocycles. The molecule has 0 bridgehead atoms. The Labute approximate surface area is 131 Å². The molecule has 1 unspecified atom stereocenters. The maximum atomic E-state index is 3.62. The average molecular weight is 300 g/mol. The maximum absolute atomic E-state index is 3.62. The number of thiophene rings is 1. The van der Waals surface area contributed by atoms with E-state index < -0.39 is 0 Å². The Hall–Kier alpha value is -1.32. The first kappa shape index (κ1) is 14.6. The van der Waals surface area contributed by atoms with Crippen molar-refractivity contribution >= 4 is 17.0 Å². The van der Waals surface area contributed by atoms with Gasteiger partial charge in [0.1, 0.15) is 0 Å². The molecule has 2 aromatic rings. The van der Waals surface area contributed by atoms with Crippen LogP contribution in [0.5, 0.6) is 0 Å². The van der Waals surface area contributed by atoms with Crippen molar-refractivity contribution < 1.29 is 0 Å². The van der Waals surface area contributed by atoms with E-state index in [0.29, 0.717) is 6.04 Å². The molecule has 3 heteroatoms. The van der Waals surface area contributed by atoms with Gasteiger partial charge in [-0.1, -0.05) is 12.1 Å². The van der Waals surface area contributed by atoms with E-state index in [1.165, 1.54) is 42.7 Å². The monoisotopic (exact) mass is 300 g/mol. The van der Waals surface area contributed by atoms with Gasteiger partial charge in [-0.25, -0.2) is 0 Å². The van der Waals surface area contributed by atoms with Gasteiger partial charge in [-0.15, -0.1) is 0 Å². The van der Waals surface area contributed by atoms with E-state index in [9.17, 15) is 0 Å². The van der Waals surface area contributed by atoms with Gasteiger partial charge in [0.15, 0.2) is 0 Å². The number of hydrogen-bond acceptors (Lipinski definition) is 3. The Kier molecular flexibility index (Phi) is 4.94. The maximum Gasteiger partial charge on any atom is 0.0366 e. The lowest BCUT2D eigenvalue weighted by Crippen LogP contribution is -2.27. The lowest BCUT2D eigenvalue weighted by atomic mass is 10.1. The molecule has 21 heavy (non-hydrogen) atoms. The van der Waals surface area contributed by atoms with Crippen LogP contribution in [-0.2, 0) is 13.0 Å². The zero-order valence-corrected chi connectivity index (χ0v) is 13.5. The summed E-state index contributed by atoms with van der Waals surface area (Å²) in [4.78, 5) is 2.48. The van der Waals surface area contributed by atoms with Crippen LogP contribution in [-0.4, -0.2) is 19.1 Å². The van der Waals surface area contributed by atoms with E-state index in [0.717, 1.165) is 13.0 Å². The van der Waals surface area contributed by atoms with Gasteiger partial charge in [0, 0.05) is 31.4 Å². The van der Waals surface area contributed by atoms with Crippen molar-refractivity contribution in [1.82, 2.24) is 5.32 Å². The molecule has 1 fully saturated rings. The summed E-state index contributed by atoms with van der Waals surface area (Å²) in [5.41, 5.74) is 4.18. The van der Waals surface area contributed by atoms with Crippen LogP contribution in [0.1, 0.15) is 30.9 Å². The van der Waals surface area contributed by atoms with Crippen molar-refractivity contribution in [1.29, 1.82) is 0 Å². The van der Waals surface area contributed by atoms with Crippen LogP contribution < -0.4 is 10.2 Å². The smallest absolute Gasteiger partial charge is 0.0366 e. The number of rotatable bonds is 6. The highest BCUT2D eigenvalue weighted by atomic mass is 32.1. The van der Waals surface area contributed by atoms with Crippen LogP contribution in [0.3, 0.4) is 0 Å². The Morgan fingerprint density at radius 1 is 1.10 bits per heavy atom. The van der Waals surface area contributed by atoms with Gasteiger partial charge in [0.25, 0.3) is 0 Å². The SMILES string of the molecule is CC(Cc1ccsc1)NCc1ccc(N2CCCC2)cc1. The highest BCUT2D eigenvalue weighted by molar-refractivity contribution is 7.07.